The van der Waals surface area contributed by atoms with Gasteiger partial charge in [-0.1, -0.05) is 13.3 Å². The van der Waals surface area contributed by atoms with Gasteiger partial charge in [-0.2, -0.15) is 0 Å². The second-order valence-corrected chi connectivity index (χ2v) is 8.92. The number of benzene rings is 1. The van der Waals surface area contributed by atoms with Crippen molar-refractivity contribution in [3.05, 3.63) is 41.9 Å². The van der Waals surface area contributed by atoms with Crippen LogP contribution in [0.1, 0.15) is 42.5 Å². The quantitative estimate of drug-likeness (QED) is 0.733. The third-order valence-corrected chi connectivity index (χ3v) is 6.40. The molecular weight excluding hydrogens is 368 g/mol. The van der Waals surface area contributed by atoms with Crippen LogP contribution in [0.5, 0.6) is 5.75 Å². The number of carbonyl (C=O) groups is 1. The van der Waals surface area contributed by atoms with Crippen LogP contribution in [0.3, 0.4) is 0 Å². The van der Waals surface area contributed by atoms with E-state index in [0.29, 0.717) is 12.3 Å². The summed E-state index contributed by atoms with van der Waals surface area (Å²) in [5, 5.41) is 12.5. The smallest absolute Gasteiger partial charge is 0.291 e. The summed E-state index contributed by atoms with van der Waals surface area (Å²) in [6.07, 6.45) is 3.59. The molecule has 1 aliphatic heterocycles. The topological polar surface area (TPSA) is 99.8 Å². The fourth-order valence-corrected chi connectivity index (χ4v) is 3.99. The van der Waals surface area contributed by atoms with Gasteiger partial charge in [0, 0.05) is 0 Å². The summed E-state index contributed by atoms with van der Waals surface area (Å²) in [4.78, 5) is 14.8. The number of phenols is 1. The van der Waals surface area contributed by atoms with Gasteiger partial charge < -0.3 is 14.8 Å². The number of hydrogen-bond donors (Lipinski definition) is 2. The normalized spacial score (nSPS) is 15.6. The summed E-state index contributed by atoms with van der Waals surface area (Å²) in [6, 6.07) is 7.17. The summed E-state index contributed by atoms with van der Waals surface area (Å²) < 4.78 is 29.6. The summed E-state index contributed by atoms with van der Waals surface area (Å²) >= 11 is 0. The molecular formula is C19H24N2O5S. The van der Waals surface area contributed by atoms with Crippen molar-refractivity contribution in [1.29, 1.82) is 0 Å². The fourth-order valence-electron chi connectivity index (χ4n) is 3.08. The van der Waals surface area contributed by atoms with Crippen molar-refractivity contribution in [2.75, 3.05) is 24.2 Å². The van der Waals surface area contributed by atoms with Crippen LogP contribution in [0.4, 0.5) is 5.69 Å². The largest absolute Gasteiger partial charge is 0.506 e. The number of sulfone groups is 1. The van der Waals surface area contributed by atoms with Crippen LogP contribution in [0, 0.1) is 0 Å². The maximum atomic E-state index is 12.4. The Kier molecular flexibility index (Phi) is 5.86. The third kappa shape index (κ3) is 4.70. The molecule has 7 nitrogen and oxygen atoms in total. The highest BCUT2D eigenvalue weighted by molar-refractivity contribution is 7.91. The van der Waals surface area contributed by atoms with Crippen molar-refractivity contribution in [1.82, 2.24) is 4.90 Å². The summed E-state index contributed by atoms with van der Waals surface area (Å²) in [5.41, 5.74) is 0.0310. The lowest BCUT2D eigenvalue weighted by Gasteiger charge is -2.25. The molecule has 1 fully saturated rings. The molecule has 1 aliphatic rings. The number of anilines is 1. The lowest BCUT2D eigenvalue weighted by Crippen LogP contribution is -2.28. The van der Waals surface area contributed by atoms with Gasteiger partial charge in [0.2, 0.25) is 0 Å². The highest BCUT2D eigenvalue weighted by Crippen LogP contribution is 2.27. The lowest BCUT2D eigenvalue weighted by molar-refractivity contribution is 0.0991. The standard InChI is InChI=1S/C19H24N2O5S/c1-2-27(24,25)15-7-8-17(22)16(12-15)20-19(23)18-9-6-14(26-18)13-21-10-4-3-5-11-21/h6-9,12,22H,2-5,10-11,13H2,1H3,(H,20,23). The third-order valence-electron chi connectivity index (χ3n) is 4.67. The molecule has 2 heterocycles. The number of rotatable bonds is 6. The Morgan fingerprint density at radius 3 is 2.63 bits per heavy atom. The Balaban J connectivity index is 1.71. The molecule has 1 aromatic heterocycles. The molecule has 8 heteroatoms. The zero-order chi connectivity index (χ0) is 19.4. The minimum atomic E-state index is -3.44. The molecule has 0 spiro atoms. The molecule has 2 N–H and O–H groups in total. The highest BCUT2D eigenvalue weighted by atomic mass is 32.2. The van der Waals surface area contributed by atoms with Gasteiger partial charge in [0.1, 0.15) is 11.5 Å². The van der Waals surface area contributed by atoms with Gasteiger partial charge >= 0.3 is 0 Å². The zero-order valence-corrected chi connectivity index (χ0v) is 16.1. The van der Waals surface area contributed by atoms with E-state index in [2.05, 4.69) is 10.2 Å². The van der Waals surface area contributed by atoms with E-state index < -0.39 is 15.7 Å². The molecule has 0 saturated carbocycles. The SMILES string of the molecule is CCS(=O)(=O)c1ccc(O)c(NC(=O)c2ccc(CN3CCCCC3)o2)c1. The van der Waals surface area contributed by atoms with E-state index in [-0.39, 0.29) is 27.8 Å². The van der Waals surface area contributed by atoms with Crippen molar-refractivity contribution in [2.24, 2.45) is 0 Å². The molecule has 1 amide bonds. The first-order valence-corrected chi connectivity index (χ1v) is 10.7. The van der Waals surface area contributed by atoms with Crippen molar-refractivity contribution in [2.45, 2.75) is 37.6 Å². The van der Waals surface area contributed by atoms with Gasteiger partial charge in [-0.05, 0) is 56.3 Å². The van der Waals surface area contributed by atoms with Crippen LogP contribution in [0.25, 0.3) is 0 Å². The Hall–Kier alpha value is -2.32. The average molecular weight is 392 g/mol. The average Bonchev–Trinajstić information content (AvgIpc) is 3.13. The maximum absolute atomic E-state index is 12.4. The minimum absolute atomic E-state index is 0.0310. The molecule has 0 aliphatic carbocycles. The van der Waals surface area contributed by atoms with E-state index in [1.807, 2.05) is 0 Å². The number of piperidine rings is 1. The molecule has 3 rings (SSSR count). The number of aromatic hydroxyl groups is 1. The van der Waals surface area contributed by atoms with Crippen molar-refractivity contribution in [3.8, 4) is 5.75 Å². The fraction of sp³-hybridized carbons (Fsp3) is 0.421. The first-order chi connectivity index (χ1) is 12.9. The molecule has 1 aromatic carbocycles. The number of carbonyl (C=O) groups excluding carboxylic acids is 1. The van der Waals surface area contributed by atoms with Crippen LogP contribution in [-0.2, 0) is 16.4 Å². The summed E-state index contributed by atoms with van der Waals surface area (Å²) in [6.45, 7) is 4.24. The Morgan fingerprint density at radius 2 is 1.93 bits per heavy atom. The molecule has 1 saturated heterocycles. The van der Waals surface area contributed by atoms with Gasteiger partial charge in [0.25, 0.3) is 5.91 Å². The van der Waals surface area contributed by atoms with E-state index in [0.717, 1.165) is 13.1 Å². The molecule has 0 bridgehead atoms. The van der Waals surface area contributed by atoms with Gasteiger partial charge in [-0.15, -0.1) is 0 Å². The van der Waals surface area contributed by atoms with Crippen LogP contribution in [0.2, 0.25) is 0 Å². The lowest BCUT2D eigenvalue weighted by atomic mass is 10.1. The molecule has 27 heavy (non-hydrogen) atoms. The summed E-state index contributed by atoms with van der Waals surface area (Å²) in [7, 11) is -3.44. The Morgan fingerprint density at radius 1 is 1.19 bits per heavy atom. The van der Waals surface area contributed by atoms with E-state index >= 15 is 0 Å². The number of likely N-dealkylation sites (tertiary alicyclic amines) is 1. The van der Waals surface area contributed by atoms with Gasteiger partial charge in [-0.3, -0.25) is 9.69 Å². The predicted octanol–water partition coefficient (Wildman–Crippen LogP) is 3.02. The number of hydrogen-bond acceptors (Lipinski definition) is 6. The van der Waals surface area contributed by atoms with Gasteiger partial charge in [-0.25, -0.2) is 8.42 Å². The maximum Gasteiger partial charge on any atom is 0.291 e. The van der Waals surface area contributed by atoms with Crippen LogP contribution in [0.15, 0.2) is 39.6 Å². The predicted molar refractivity (Wildman–Crippen MR) is 102 cm³/mol. The highest BCUT2D eigenvalue weighted by Gasteiger charge is 2.18. The van der Waals surface area contributed by atoms with Gasteiger partial charge in [0.15, 0.2) is 15.6 Å². The van der Waals surface area contributed by atoms with E-state index in [1.165, 1.54) is 44.4 Å². The molecule has 146 valence electrons. The van der Waals surface area contributed by atoms with E-state index in [9.17, 15) is 18.3 Å². The number of amides is 1. The van der Waals surface area contributed by atoms with Crippen molar-refractivity contribution < 1.29 is 22.7 Å². The van der Waals surface area contributed by atoms with Crippen LogP contribution in [-0.4, -0.2) is 43.2 Å². The number of nitrogens with one attached hydrogen (secondary N) is 1. The number of nitrogens with zero attached hydrogens (tertiary/aromatic N) is 1. The van der Waals surface area contributed by atoms with Crippen LogP contribution >= 0.6 is 0 Å². The first kappa shape index (κ1) is 19.4. The van der Waals surface area contributed by atoms with E-state index in [4.69, 9.17) is 4.42 Å². The van der Waals surface area contributed by atoms with E-state index in [1.54, 1.807) is 12.1 Å². The van der Waals surface area contributed by atoms with Crippen molar-refractivity contribution >= 4 is 21.4 Å². The summed E-state index contributed by atoms with van der Waals surface area (Å²) in [5.74, 6) is 0.00178. The second kappa shape index (κ2) is 8.14. The molecule has 2 aromatic rings. The Labute approximate surface area is 158 Å². The molecule has 0 radical (unpaired) electrons. The minimum Gasteiger partial charge on any atom is -0.506 e. The van der Waals surface area contributed by atoms with Crippen LogP contribution < -0.4 is 5.32 Å². The molecule has 0 unspecified atom stereocenters. The molecule has 0 atom stereocenters. The Bertz CT molecular complexity index is 914. The number of furan rings is 1. The van der Waals surface area contributed by atoms with Crippen molar-refractivity contribution in [3.63, 3.8) is 0 Å². The monoisotopic (exact) mass is 392 g/mol. The first-order valence-electron chi connectivity index (χ1n) is 9.07. The van der Waals surface area contributed by atoms with Gasteiger partial charge in [0.05, 0.1) is 22.9 Å². The zero-order valence-electron chi connectivity index (χ0n) is 15.3. The second-order valence-electron chi connectivity index (χ2n) is 6.64. The number of phenolic OH excluding ortho intramolecular Hbond substituents is 1.